The van der Waals surface area contributed by atoms with Crippen LogP contribution in [0.15, 0.2) is 42.6 Å². The fraction of sp³-hybridized carbons (Fsp3) is 0.368. The first kappa shape index (κ1) is 17.9. The van der Waals surface area contributed by atoms with Crippen molar-refractivity contribution in [3.63, 3.8) is 0 Å². The molecule has 24 heavy (non-hydrogen) atoms. The molecular weight excluding hydrogens is 305 g/mol. The van der Waals surface area contributed by atoms with Gasteiger partial charge in [0.15, 0.2) is 0 Å². The molecule has 0 aliphatic heterocycles. The van der Waals surface area contributed by atoms with Crippen molar-refractivity contribution in [3.8, 4) is 0 Å². The SMILES string of the molecule is CCCCCNc1cc(C(=O)NCCc2ccccc2F)ccn1. The lowest BCUT2D eigenvalue weighted by Gasteiger charge is -2.08. The molecule has 0 unspecified atom stereocenters. The fourth-order valence-corrected chi connectivity index (χ4v) is 2.37. The predicted molar refractivity (Wildman–Crippen MR) is 94.7 cm³/mol. The summed E-state index contributed by atoms with van der Waals surface area (Å²) < 4.78 is 13.5. The molecule has 5 heteroatoms. The standard InChI is InChI=1S/C19H24FN3O/c1-2-3-6-11-21-18-14-16(10-12-22-18)19(24)23-13-9-15-7-4-5-8-17(15)20/h4-5,7-8,10,12,14H,2-3,6,9,11,13H2,1H3,(H,21,22)(H,23,24). The molecule has 1 amide bonds. The first-order valence-electron chi connectivity index (χ1n) is 8.42. The Balaban J connectivity index is 1.82. The van der Waals surface area contributed by atoms with Gasteiger partial charge in [0.05, 0.1) is 0 Å². The van der Waals surface area contributed by atoms with E-state index in [1.54, 1.807) is 36.5 Å². The van der Waals surface area contributed by atoms with Crippen molar-refractivity contribution in [3.05, 3.63) is 59.5 Å². The van der Waals surface area contributed by atoms with Crippen LogP contribution in [0.2, 0.25) is 0 Å². The van der Waals surface area contributed by atoms with E-state index in [0.717, 1.165) is 13.0 Å². The second-order valence-corrected chi connectivity index (χ2v) is 5.66. The molecule has 0 saturated carbocycles. The smallest absolute Gasteiger partial charge is 0.251 e. The quantitative estimate of drug-likeness (QED) is 0.688. The van der Waals surface area contributed by atoms with E-state index in [0.29, 0.717) is 29.9 Å². The zero-order chi connectivity index (χ0) is 17.2. The van der Waals surface area contributed by atoms with Gasteiger partial charge in [-0.25, -0.2) is 9.37 Å². The highest BCUT2D eigenvalue weighted by atomic mass is 19.1. The van der Waals surface area contributed by atoms with Crippen molar-refractivity contribution in [2.24, 2.45) is 0 Å². The lowest BCUT2D eigenvalue weighted by molar-refractivity contribution is 0.0954. The zero-order valence-corrected chi connectivity index (χ0v) is 14.0. The van der Waals surface area contributed by atoms with Crippen LogP contribution in [0.25, 0.3) is 0 Å². The van der Waals surface area contributed by atoms with Crippen molar-refractivity contribution in [2.75, 3.05) is 18.4 Å². The Labute approximate surface area is 142 Å². The van der Waals surface area contributed by atoms with Crippen LogP contribution in [0.1, 0.15) is 42.1 Å². The second kappa shape index (κ2) is 9.65. The maximum Gasteiger partial charge on any atom is 0.251 e. The highest BCUT2D eigenvalue weighted by Crippen LogP contribution is 2.09. The van der Waals surface area contributed by atoms with Crippen molar-refractivity contribution >= 4 is 11.7 Å². The summed E-state index contributed by atoms with van der Waals surface area (Å²) in [6.45, 7) is 3.39. The number of amides is 1. The molecule has 4 nitrogen and oxygen atoms in total. The lowest BCUT2D eigenvalue weighted by Crippen LogP contribution is -2.26. The molecule has 1 heterocycles. The van der Waals surface area contributed by atoms with Crippen LogP contribution in [-0.2, 0) is 6.42 Å². The van der Waals surface area contributed by atoms with Crippen molar-refractivity contribution < 1.29 is 9.18 Å². The van der Waals surface area contributed by atoms with Crippen molar-refractivity contribution in [2.45, 2.75) is 32.6 Å². The first-order valence-corrected chi connectivity index (χ1v) is 8.42. The topological polar surface area (TPSA) is 54.0 Å². The monoisotopic (exact) mass is 329 g/mol. The van der Waals surface area contributed by atoms with Crippen LogP contribution >= 0.6 is 0 Å². The average molecular weight is 329 g/mol. The molecule has 0 saturated heterocycles. The Kier molecular flexibility index (Phi) is 7.21. The Morgan fingerprint density at radius 2 is 2.00 bits per heavy atom. The molecule has 0 aliphatic carbocycles. The molecular formula is C19H24FN3O. The van der Waals surface area contributed by atoms with Crippen LogP contribution in [0, 0.1) is 5.82 Å². The van der Waals surface area contributed by atoms with Gasteiger partial charge in [0.1, 0.15) is 11.6 Å². The number of pyridine rings is 1. The second-order valence-electron chi connectivity index (χ2n) is 5.66. The number of aromatic nitrogens is 1. The van der Waals surface area contributed by atoms with E-state index in [4.69, 9.17) is 0 Å². The summed E-state index contributed by atoms with van der Waals surface area (Å²) in [6.07, 6.45) is 5.50. The third-order valence-electron chi connectivity index (χ3n) is 3.75. The summed E-state index contributed by atoms with van der Waals surface area (Å²) in [7, 11) is 0. The van der Waals surface area contributed by atoms with Crippen LogP contribution in [-0.4, -0.2) is 24.0 Å². The molecule has 1 aromatic heterocycles. The highest BCUT2D eigenvalue weighted by molar-refractivity contribution is 5.94. The molecule has 0 atom stereocenters. The number of hydrogen-bond donors (Lipinski definition) is 2. The Bertz CT molecular complexity index is 661. The molecule has 128 valence electrons. The number of nitrogens with one attached hydrogen (secondary N) is 2. The number of halogens is 1. The van der Waals surface area contributed by atoms with Gasteiger partial charge in [-0.3, -0.25) is 4.79 Å². The van der Waals surface area contributed by atoms with Crippen LogP contribution < -0.4 is 10.6 Å². The number of anilines is 1. The number of nitrogens with zero attached hydrogens (tertiary/aromatic N) is 1. The van der Waals surface area contributed by atoms with Gasteiger partial charge < -0.3 is 10.6 Å². The molecule has 0 spiro atoms. The minimum atomic E-state index is -0.241. The molecule has 0 fully saturated rings. The van der Waals surface area contributed by atoms with E-state index in [2.05, 4.69) is 22.5 Å². The summed E-state index contributed by atoms with van der Waals surface area (Å²) >= 11 is 0. The van der Waals surface area contributed by atoms with Gasteiger partial charge >= 0.3 is 0 Å². The fourth-order valence-electron chi connectivity index (χ4n) is 2.37. The first-order chi connectivity index (χ1) is 11.7. The molecule has 0 radical (unpaired) electrons. The molecule has 0 aliphatic rings. The van der Waals surface area contributed by atoms with E-state index in [9.17, 15) is 9.18 Å². The number of rotatable bonds is 9. The number of benzene rings is 1. The van der Waals surface area contributed by atoms with Crippen molar-refractivity contribution in [1.82, 2.24) is 10.3 Å². The van der Waals surface area contributed by atoms with Gasteiger partial charge in [-0.1, -0.05) is 38.0 Å². The molecule has 2 aromatic rings. The summed E-state index contributed by atoms with van der Waals surface area (Å²) in [5.41, 5.74) is 1.15. The van der Waals surface area contributed by atoms with Gasteiger partial charge in [-0.15, -0.1) is 0 Å². The number of unbranched alkanes of at least 4 members (excludes halogenated alkanes) is 2. The van der Waals surface area contributed by atoms with Crippen molar-refractivity contribution in [1.29, 1.82) is 0 Å². The number of carbonyl (C=O) groups is 1. The van der Waals surface area contributed by atoms with Crippen LogP contribution in [0.4, 0.5) is 10.2 Å². The molecule has 2 rings (SSSR count). The van der Waals surface area contributed by atoms with E-state index >= 15 is 0 Å². The summed E-state index contributed by atoms with van der Waals surface area (Å²) in [4.78, 5) is 16.4. The number of hydrogen-bond acceptors (Lipinski definition) is 3. The third kappa shape index (κ3) is 5.65. The zero-order valence-electron chi connectivity index (χ0n) is 14.0. The van der Waals surface area contributed by atoms with Gasteiger partial charge in [0.2, 0.25) is 0 Å². The average Bonchev–Trinajstić information content (AvgIpc) is 2.60. The normalized spacial score (nSPS) is 10.4. The van der Waals surface area contributed by atoms with Gasteiger partial charge in [0, 0.05) is 24.8 Å². The largest absolute Gasteiger partial charge is 0.370 e. The van der Waals surface area contributed by atoms with Crippen LogP contribution in [0.5, 0.6) is 0 Å². The lowest BCUT2D eigenvalue weighted by atomic mass is 10.1. The Morgan fingerprint density at radius 3 is 2.79 bits per heavy atom. The van der Waals surface area contributed by atoms with E-state index in [-0.39, 0.29) is 11.7 Å². The van der Waals surface area contributed by atoms with Crippen LogP contribution in [0.3, 0.4) is 0 Å². The maximum absolute atomic E-state index is 13.5. The molecule has 0 bridgehead atoms. The maximum atomic E-state index is 13.5. The van der Waals surface area contributed by atoms with Gasteiger partial charge in [0.25, 0.3) is 5.91 Å². The summed E-state index contributed by atoms with van der Waals surface area (Å²) in [5, 5.41) is 6.04. The highest BCUT2D eigenvalue weighted by Gasteiger charge is 2.07. The minimum Gasteiger partial charge on any atom is -0.370 e. The third-order valence-corrected chi connectivity index (χ3v) is 3.75. The Morgan fingerprint density at radius 1 is 1.17 bits per heavy atom. The Hall–Kier alpha value is -2.43. The van der Waals surface area contributed by atoms with E-state index in [1.807, 2.05) is 0 Å². The summed E-state index contributed by atoms with van der Waals surface area (Å²) in [6, 6.07) is 10.0. The molecule has 1 aromatic carbocycles. The summed E-state index contributed by atoms with van der Waals surface area (Å²) in [5.74, 6) is 0.285. The van der Waals surface area contributed by atoms with Gasteiger partial charge in [-0.05, 0) is 36.6 Å². The molecule has 2 N–H and O–H groups in total. The van der Waals surface area contributed by atoms with Gasteiger partial charge in [-0.2, -0.15) is 0 Å². The van der Waals surface area contributed by atoms with E-state index < -0.39 is 0 Å². The minimum absolute atomic E-state index is 0.176. The van der Waals surface area contributed by atoms with E-state index in [1.165, 1.54) is 18.9 Å². The predicted octanol–water partition coefficient (Wildman–Crippen LogP) is 3.80. The number of carbonyl (C=O) groups excluding carboxylic acids is 1.